The number of ether oxygens (including phenoxy) is 2. The van der Waals surface area contributed by atoms with E-state index < -0.39 is 0 Å². The lowest BCUT2D eigenvalue weighted by atomic mass is 10.0. The fourth-order valence-electron chi connectivity index (χ4n) is 3.42. The van der Waals surface area contributed by atoms with Crippen molar-refractivity contribution in [1.82, 2.24) is 4.90 Å². The van der Waals surface area contributed by atoms with E-state index in [0.29, 0.717) is 41.5 Å². The van der Waals surface area contributed by atoms with Crippen molar-refractivity contribution in [3.8, 4) is 11.5 Å². The Bertz CT molecular complexity index is 599. The average molecular weight is 396 g/mol. The monoisotopic (exact) mass is 395 g/mol. The molecule has 2 aliphatic rings. The molecule has 0 bridgehead atoms. The lowest BCUT2D eigenvalue weighted by Crippen LogP contribution is -2.40. The first kappa shape index (κ1) is 17.6. The summed E-state index contributed by atoms with van der Waals surface area (Å²) >= 11 is 3.53. The van der Waals surface area contributed by atoms with Gasteiger partial charge in [0.25, 0.3) is 5.91 Å². The van der Waals surface area contributed by atoms with E-state index in [4.69, 9.17) is 9.47 Å². The molecule has 0 atom stereocenters. The Balaban J connectivity index is 1.82. The van der Waals surface area contributed by atoms with Crippen LogP contribution in [-0.4, -0.2) is 37.6 Å². The molecule has 2 fully saturated rings. The molecule has 0 radical (unpaired) electrons. The Morgan fingerprint density at radius 1 is 1.29 bits per heavy atom. The van der Waals surface area contributed by atoms with Crippen molar-refractivity contribution in [2.75, 3.05) is 20.8 Å². The van der Waals surface area contributed by atoms with Crippen molar-refractivity contribution in [2.24, 2.45) is 11.8 Å². The van der Waals surface area contributed by atoms with Gasteiger partial charge in [-0.1, -0.05) is 6.92 Å². The van der Waals surface area contributed by atoms with E-state index in [1.54, 1.807) is 13.2 Å². The Morgan fingerprint density at radius 2 is 1.92 bits per heavy atom. The quantitative estimate of drug-likeness (QED) is 0.649. The normalized spacial score (nSPS) is 17.0. The summed E-state index contributed by atoms with van der Waals surface area (Å²) in [5, 5.41) is 0. The summed E-state index contributed by atoms with van der Waals surface area (Å²) < 4.78 is 12.0. The predicted octanol–water partition coefficient (Wildman–Crippen LogP) is 4.51. The van der Waals surface area contributed by atoms with Gasteiger partial charge in [-0.05, 0) is 72.0 Å². The van der Waals surface area contributed by atoms with E-state index in [1.807, 2.05) is 18.0 Å². The summed E-state index contributed by atoms with van der Waals surface area (Å²) in [7, 11) is 3.56. The molecule has 4 nitrogen and oxygen atoms in total. The number of methoxy groups -OCH3 is 1. The number of carbonyl (C=O) groups excluding carboxylic acids is 1. The molecule has 0 heterocycles. The van der Waals surface area contributed by atoms with Crippen LogP contribution in [0.4, 0.5) is 0 Å². The van der Waals surface area contributed by atoms with Crippen LogP contribution >= 0.6 is 15.9 Å². The average Bonchev–Trinajstić information content (AvgIpc) is 3.47. The molecule has 24 heavy (non-hydrogen) atoms. The summed E-state index contributed by atoms with van der Waals surface area (Å²) in [6.45, 7) is 2.68. The molecule has 1 aromatic carbocycles. The van der Waals surface area contributed by atoms with Crippen molar-refractivity contribution in [3.63, 3.8) is 0 Å². The Labute approximate surface area is 152 Å². The fourth-order valence-corrected chi connectivity index (χ4v) is 3.98. The maximum atomic E-state index is 13.0. The van der Waals surface area contributed by atoms with E-state index in [9.17, 15) is 4.79 Å². The number of benzene rings is 1. The Hall–Kier alpha value is -1.23. The molecule has 1 aromatic rings. The van der Waals surface area contributed by atoms with Crippen LogP contribution in [0, 0.1) is 11.8 Å². The second kappa shape index (κ2) is 7.34. The maximum Gasteiger partial charge on any atom is 0.254 e. The zero-order chi connectivity index (χ0) is 17.3. The Morgan fingerprint density at radius 3 is 2.42 bits per heavy atom. The van der Waals surface area contributed by atoms with Gasteiger partial charge in [0.05, 0.1) is 18.2 Å². The summed E-state index contributed by atoms with van der Waals surface area (Å²) in [6, 6.07) is 4.05. The molecular formula is C19H26BrNO3. The lowest BCUT2D eigenvalue weighted by molar-refractivity contribution is 0.0689. The van der Waals surface area contributed by atoms with Gasteiger partial charge >= 0.3 is 0 Å². The first-order valence-electron chi connectivity index (χ1n) is 8.84. The van der Waals surface area contributed by atoms with Crippen LogP contribution in [0.15, 0.2) is 16.6 Å². The smallest absolute Gasteiger partial charge is 0.254 e. The van der Waals surface area contributed by atoms with Gasteiger partial charge in [-0.15, -0.1) is 0 Å². The van der Waals surface area contributed by atoms with Gasteiger partial charge in [0.2, 0.25) is 0 Å². The van der Waals surface area contributed by atoms with Gasteiger partial charge in [0, 0.05) is 18.7 Å². The highest BCUT2D eigenvalue weighted by molar-refractivity contribution is 9.10. The number of halogens is 1. The van der Waals surface area contributed by atoms with Crippen LogP contribution in [0.2, 0.25) is 0 Å². The third-order valence-corrected chi connectivity index (χ3v) is 5.49. The van der Waals surface area contributed by atoms with E-state index in [0.717, 1.165) is 10.9 Å². The highest BCUT2D eigenvalue weighted by atomic mass is 79.9. The molecule has 3 rings (SSSR count). The second-order valence-corrected chi connectivity index (χ2v) is 7.77. The van der Waals surface area contributed by atoms with Crippen molar-refractivity contribution < 1.29 is 14.3 Å². The molecule has 0 aromatic heterocycles. The SMILES string of the molecule is CCCOc1c(Br)cc(C(=O)N(C)C(C2CC2)C2CC2)cc1OC. The summed E-state index contributed by atoms with van der Waals surface area (Å²) in [6.07, 6.45) is 5.96. The largest absolute Gasteiger partial charge is 0.493 e. The molecule has 0 aliphatic heterocycles. The highest BCUT2D eigenvalue weighted by Crippen LogP contribution is 2.47. The van der Waals surface area contributed by atoms with Gasteiger partial charge in [0.15, 0.2) is 11.5 Å². The minimum Gasteiger partial charge on any atom is -0.493 e. The molecule has 0 saturated heterocycles. The molecule has 1 amide bonds. The minimum absolute atomic E-state index is 0.0693. The van der Waals surface area contributed by atoms with Gasteiger partial charge in [-0.2, -0.15) is 0 Å². The minimum atomic E-state index is 0.0693. The van der Waals surface area contributed by atoms with Gasteiger partial charge in [-0.3, -0.25) is 4.79 Å². The lowest BCUT2D eigenvalue weighted by Gasteiger charge is -2.29. The molecule has 2 aliphatic carbocycles. The van der Waals surface area contributed by atoms with Crippen LogP contribution in [-0.2, 0) is 0 Å². The summed E-state index contributed by atoms with van der Waals surface area (Å²) in [4.78, 5) is 15.0. The van der Waals surface area contributed by atoms with Crippen molar-refractivity contribution in [3.05, 3.63) is 22.2 Å². The molecule has 0 N–H and O–H groups in total. The molecule has 2 saturated carbocycles. The number of carbonyl (C=O) groups is 1. The van der Waals surface area contributed by atoms with Crippen molar-refractivity contribution in [2.45, 2.75) is 45.1 Å². The summed E-state index contributed by atoms with van der Waals surface area (Å²) in [5.74, 6) is 2.73. The topological polar surface area (TPSA) is 38.8 Å². The molecule has 132 valence electrons. The zero-order valence-electron chi connectivity index (χ0n) is 14.7. The fraction of sp³-hybridized carbons (Fsp3) is 0.632. The Kier molecular flexibility index (Phi) is 5.38. The van der Waals surface area contributed by atoms with E-state index in [-0.39, 0.29) is 5.91 Å². The van der Waals surface area contributed by atoms with Crippen LogP contribution < -0.4 is 9.47 Å². The van der Waals surface area contributed by atoms with Crippen LogP contribution in [0.1, 0.15) is 49.4 Å². The number of rotatable bonds is 8. The standard InChI is InChI=1S/C19H26BrNO3/c1-4-9-24-18-15(20)10-14(11-16(18)23-3)19(22)21(2)17(12-5-6-12)13-7-8-13/h10-13,17H,4-9H2,1-3H3. The summed E-state index contributed by atoms with van der Waals surface area (Å²) in [5.41, 5.74) is 0.649. The van der Waals surface area contributed by atoms with Gasteiger partial charge < -0.3 is 14.4 Å². The second-order valence-electron chi connectivity index (χ2n) is 6.92. The van der Waals surface area contributed by atoms with E-state index in [2.05, 4.69) is 22.9 Å². The molecule has 5 heteroatoms. The number of amides is 1. The van der Waals surface area contributed by atoms with Crippen LogP contribution in [0.25, 0.3) is 0 Å². The van der Waals surface area contributed by atoms with Crippen LogP contribution in [0.3, 0.4) is 0 Å². The van der Waals surface area contributed by atoms with Crippen LogP contribution in [0.5, 0.6) is 11.5 Å². The van der Waals surface area contributed by atoms with E-state index >= 15 is 0 Å². The number of hydrogen-bond donors (Lipinski definition) is 0. The number of nitrogens with zero attached hydrogens (tertiary/aromatic N) is 1. The van der Waals surface area contributed by atoms with E-state index in [1.165, 1.54) is 25.7 Å². The van der Waals surface area contributed by atoms with Crippen molar-refractivity contribution >= 4 is 21.8 Å². The number of hydrogen-bond acceptors (Lipinski definition) is 3. The van der Waals surface area contributed by atoms with Gasteiger partial charge in [0.1, 0.15) is 0 Å². The predicted molar refractivity (Wildman–Crippen MR) is 97.8 cm³/mol. The van der Waals surface area contributed by atoms with Gasteiger partial charge in [-0.25, -0.2) is 0 Å². The third kappa shape index (κ3) is 3.71. The molecular weight excluding hydrogens is 370 g/mol. The highest BCUT2D eigenvalue weighted by Gasteiger charge is 2.45. The van der Waals surface area contributed by atoms with Crippen molar-refractivity contribution in [1.29, 1.82) is 0 Å². The first-order valence-corrected chi connectivity index (χ1v) is 9.63. The zero-order valence-corrected chi connectivity index (χ0v) is 16.3. The molecule has 0 unspecified atom stereocenters. The third-order valence-electron chi connectivity index (χ3n) is 4.90. The molecule has 0 spiro atoms. The first-order chi connectivity index (χ1) is 11.6. The maximum absolute atomic E-state index is 13.0.